The smallest absolute Gasteiger partial charge is 0.337 e. The molecule has 0 saturated heterocycles. The van der Waals surface area contributed by atoms with Gasteiger partial charge in [-0.1, -0.05) is 5.16 Å². The van der Waals surface area contributed by atoms with Crippen molar-refractivity contribution in [1.82, 2.24) is 20.4 Å². The van der Waals surface area contributed by atoms with E-state index in [1.165, 1.54) is 7.11 Å². The molecular weight excluding hydrogens is 352 g/mol. The van der Waals surface area contributed by atoms with Gasteiger partial charge in [0.05, 0.1) is 12.7 Å². The van der Waals surface area contributed by atoms with Crippen molar-refractivity contribution in [1.29, 1.82) is 0 Å². The van der Waals surface area contributed by atoms with Crippen LogP contribution >= 0.6 is 0 Å². The van der Waals surface area contributed by atoms with Crippen molar-refractivity contribution in [2.45, 2.75) is 13.2 Å². The summed E-state index contributed by atoms with van der Waals surface area (Å²) < 4.78 is 15.1. The largest absolute Gasteiger partial charge is 0.485 e. The van der Waals surface area contributed by atoms with Gasteiger partial charge in [-0.25, -0.2) is 4.79 Å². The van der Waals surface area contributed by atoms with Crippen molar-refractivity contribution >= 4 is 11.9 Å². The van der Waals surface area contributed by atoms with Gasteiger partial charge < -0.3 is 19.3 Å². The van der Waals surface area contributed by atoms with Crippen molar-refractivity contribution in [2.24, 2.45) is 0 Å². The lowest BCUT2D eigenvalue weighted by atomic mass is 10.2. The first-order chi connectivity index (χ1) is 13.2. The van der Waals surface area contributed by atoms with Crippen molar-refractivity contribution in [3.05, 3.63) is 71.6 Å². The normalized spacial score (nSPS) is 10.3. The fraction of sp³-hybridized carbons (Fsp3) is 0.167. The maximum absolute atomic E-state index is 12.0. The molecule has 0 radical (unpaired) electrons. The molecule has 27 heavy (non-hydrogen) atoms. The molecule has 3 rings (SSSR count). The topological polar surface area (TPSA) is 116 Å². The molecule has 0 unspecified atom stereocenters. The average Bonchev–Trinajstić information content (AvgIpc) is 3.20. The van der Waals surface area contributed by atoms with Crippen LogP contribution in [-0.2, 0) is 17.9 Å². The highest BCUT2D eigenvalue weighted by atomic mass is 16.5. The number of hydrogen-bond donors (Lipinski definition) is 1. The standard InChI is InChI=1S/C18H16N4O5/c1-25-18(24)13-2-4-14(5-3-13)26-11-15-21-17(27-22-15)16(23)20-10-12-6-8-19-9-7-12/h2-9H,10-11H2,1H3,(H,20,23). The molecule has 138 valence electrons. The van der Waals surface area contributed by atoms with Gasteiger partial charge in [0.25, 0.3) is 0 Å². The molecule has 1 N–H and O–H groups in total. The second-order valence-electron chi connectivity index (χ2n) is 5.36. The molecule has 0 aliphatic rings. The number of aromatic nitrogens is 3. The summed E-state index contributed by atoms with van der Waals surface area (Å²) in [4.78, 5) is 31.3. The number of amides is 1. The summed E-state index contributed by atoms with van der Waals surface area (Å²) in [6.45, 7) is 0.334. The summed E-state index contributed by atoms with van der Waals surface area (Å²) in [5.74, 6) is -0.323. The van der Waals surface area contributed by atoms with Crippen LogP contribution in [0.2, 0.25) is 0 Å². The molecule has 3 aromatic rings. The van der Waals surface area contributed by atoms with Crippen LogP contribution < -0.4 is 10.1 Å². The van der Waals surface area contributed by atoms with E-state index in [-0.39, 0.29) is 18.3 Å². The second-order valence-corrected chi connectivity index (χ2v) is 5.36. The molecule has 0 atom stereocenters. The van der Waals surface area contributed by atoms with Crippen molar-refractivity contribution in [2.75, 3.05) is 7.11 Å². The molecular formula is C18H16N4O5. The van der Waals surface area contributed by atoms with Crippen LogP contribution in [0, 0.1) is 0 Å². The molecule has 0 saturated carbocycles. The summed E-state index contributed by atoms with van der Waals surface area (Å²) in [5, 5.41) is 6.39. The lowest BCUT2D eigenvalue weighted by Crippen LogP contribution is -2.23. The van der Waals surface area contributed by atoms with Gasteiger partial charge in [-0.3, -0.25) is 9.78 Å². The summed E-state index contributed by atoms with van der Waals surface area (Å²) in [7, 11) is 1.31. The molecule has 9 nitrogen and oxygen atoms in total. The summed E-state index contributed by atoms with van der Waals surface area (Å²) >= 11 is 0. The Balaban J connectivity index is 1.51. The molecule has 0 aliphatic heterocycles. The Morgan fingerprint density at radius 1 is 1.11 bits per heavy atom. The zero-order valence-electron chi connectivity index (χ0n) is 14.4. The first-order valence-corrected chi connectivity index (χ1v) is 7.96. The zero-order chi connectivity index (χ0) is 19.1. The Labute approximate surface area is 154 Å². The molecule has 1 amide bonds. The van der Waals surface area contributed by atoms with E-state index >= 15 is 0 Å². The number of esters is 1. The quantitative estimate of drug-likeness (QED) is 0.627. The van der Waals surface area contributed by atoms with Crippen LogP contribution in [0.1, 0.15) is 32.4 Å². The number of carbonyl (C=O) groups excluding carboxylic acids is 2. The van der Waals surface area contributed by atoms with Gasteiger partial charge in [0.15, 0.2) is 6.61 Å². The van der Waals surface area contributed by atoms with E-state index in [0.29, 0.717) is 17.9 Å². The van der Waals surface area contributed by atoms with Crippen LogP contribution in [-0.4, -0.2) is 34.1 Å². The SMILES string of the molecule is COC(=O)c1ccc(OCc2noc(C(=O)NCc3ccncc3)n2)cc1. The third-order valence-corrected chi connectivity index (χ3v) is 3.51. The van der Waals surface area contributed by atoms with E-state index in [4.69, 9.17) is 9.26 Å². The molecule has 0 bridgehead atoms. The van der Waals surface area contributed by atoms with Gasteiger partial charge >= 0.3 is 17.8 Å². The lowest BCUT2D eigenvalue weighted by molar-refractivity contribution is 0.0600. The van der Waals surface area contributed by atoms with Crippen molar-refractivity contribution in [3.63, 3.8) is 0 Å². The number of nitrogens with one attached hydrogen (secondary N) is 1. The number of benzene rings is 1. The minimum absolute atomic E-state index is 0.0126. The fourth-order valence-electron chi connectivity index (χ4n) is 2.12. The van der Waals surface area contributed by atoms with Gasteiger partial charge in [0.2, 0.25) is 5.82 Å². The van der Waals surface area contributed by atoms with Gasteiger partial charge in [0.1, 0.15) is 5.75 Å². The van der Waals surface area contributed by atoms with Gasteiger partial charge in [-0.05, 0) is 42.0 Å². The van der Waals surface area contributed by atoms with Crippen LogP contribution in [0.25, 0.3) is 0 Å². The van der Waals surface area contributed by atoms with Crippen LogP contribution in [0.15, 0.2) is 53.3 Å². The third-order valence-electron chi connectivity index (χ3n) is 3.51. The number of carbonyl (C=O) groups is 2. The predicted octanol–water partition coefficient (Wildman–Crippen LogP) is 1.76. The van der Waals surface area contributed by atoms with Crippen molar-refractivity contribution in [3.8, 4) is 5.75 Å². The number of nitrogens with zero attached hydrogens (tertiary/aromatic N) is 3. The molecule has 0 spiro atoms. The Bertz CT molecular complexity index is 909. The van der Waals surface area contributed by atoms with Gasteiger partial charge in [0, 0.05) is 18.9 Å². The van der Waals surface area contributed by atoms with Crippen LogP contribution in [0.3, 0.4) is 0 Å². The number of methoxy groups -OCH3 is 1. The van der Waals surface area contributed by atoms with E-state index < -0.39 is 11.9 Å². The number of hydrogen-bond acceptors (Lipinski definition) is 8. The highest BCUT2D eigenvalue weighted by Gasteiger charge is 2.15. The Kier molecular flexibility index (Phi) is 5.73. The van der Waals surface area contributed by atoms with Gasteiger partial charge in [-0.15, -0.1) is 0 Å². The maximum Gasteiger partial charge on any atom is 0.337 e. The molecule has 1 aromatic carbocycles. The predicted molar refractivity (Wildman–Crippen MR) is 91.8 cm³/mol. The molecule has 9 heteroatoms. The third kappa shape index (κ3) is 4.88. The van der Waals surface area contributed by atoms with E-state index in [1.807, 2.05) is 0 Å². The lowest BCUT2D eigenvalue weighted by Gasteiger charge is -2.04. The van der Waals surface area contributed by atoms with Crippen LogP contribution in [0.4, 0.5) is 0 Å². The Morgan fingerprint density at radius 2 is 1.85 bits per heavy atom. The fourth-order valence-corrected chi connectivity index (χ4v) is 2.12. The van der Waals surface area contributed by atoms with E-state index in [9.17, 15) is 9.59 Å². The molecule has 2 aromatic heterocycles. The molecule has 0 aliphatic carbocycles. The minimum atomic E-state index is -0.479. The average molecular weight is 368 g/mol. The summed E-state index contributed by atoms with van der Waals surface area (Å²) in [6, 6.07) is 9.98. The molecule has 2 heterocycles. The zero-order valence-corrected chi connectivity index (χ0v) is 14.4. The van der Waals surface area contributed by atoms with Crippen LogP contribution in [0.5, 0.6) is 5.75 Å². The first-order valence-electron chi connectivity index (χ1n) is 7.96. The van der Waals surface area contributed by atoms with E-state index in [2.05, 4.69) is 25.2 Å². The van der Waals surface area contributed by atoms with Gasteiger partial charge in [-0.2, -0.15) is 4.98 Å². The highest BCUT2D eigenvalue weighted by Crippen LogP contribution is 2.14. The highest BCUT2D eigenvalue weighted by molar-refractivity contribution is 5.89. The first kappa shape index (κ1) is 18.1. The molecule has 0 fully saturated rings. The maximum atomic E-state index is 12.0. The van der Waals surface area contributed by atoms with E-state index in [0.717, 1.165) is 5.56 Å². The second kappa shape index (κ2) is 8.56. The van der Waals surface area contributed by atoms with E-state index in [1.54, 1.807) is 48.8 Å². The number of rotatable bonds is 7. The van der Waals surface area contributed by atoms with Crippen molar-refractivity contribution < 1.29 is 23.6 Å². The number of ether oxygens (including phenoxy) is 2. The monoisotopic (exact) mass is 368 g/mol. The Morgan fingerprint density at radius 3 is 2.56 bits per heavy atom. The summed E-state index contributed by atoms with van der Waals surface area (Å²) in [5.41, 5.74) is 1.31. The minimum Gasteiger partial charge on any atom is -0.485 e. The number of pyridine rings is 1. The summed E-state index contributed by atoms with van der Waals surface area (Å²) in [6.07, 6.45) is 3.28. The Hall–Kier alpha value is -3.75.